The van der Waals surface area contributed by atoms with Gasteiger partial charge in [-0.3, -0.25) is 4.79 Å². The van der Waals surface area contributed by atoms with E-state index in [4.69, 9.17) is 12.2 Å². The molecule has 11 heavy (non-hydrogen) atoms. The van der Waals surface area contributed by atoms with Crippen LogP contribution in [0.4, 0.5) is 0 Å². The molecule has 62 valence electrons. The number of hydrogen-bond donors (Lipinski definition) is 1. The predicted molar refractivity (Wildman–Crippen MR) is 45.9 cm³/mol. The van der Waals surface area contributed by atoms with Gasteiger partial charge >= 0.3 is 0 Å². The van der Waals surface area contributed by atoms with Crippen LogP contribution in [0.25, 0.3) is 0 Å². The Balaban J connectivity index is 3.76. The average Bonchev–Trinajstić information content (AvgIpc) is 1.98. The molecule has 2 nitrogen and oxygen atoms in total. The summed E-state index contributed by atoms with van der Waals surface area (Å²) in [4.78, 5) is 11.1. The third-order valence-electron chi connectivity index (χ3n) is 1.61. The van der Waals surface area contributed by atoms with Crippen LogP contribution in [-0.4, -0.2) is 11.8 Å². The van der Waals surface area contributed by atoms with E-state index in [1.807, 2.05) is 13.8 Å². The van der Waals surface area contributed by atoms with E-state index in [-0.39, 0.29) is 17.7 Å². The third kappa shape index (κ3) is 3.79. The molecule has 0 amide bonds. The number of hydrogen-bond acceptors (Lipinski definition) is 2. The third-order valence-corrected chi connectivity index (χ3v) is 1.61. The second kappa shape index (κ2) is 4.92. The van der Waals surface area contributed by atoms with Crippen LogP contribution in [0.1, 0.15) is 26.7 Å². The van der Waals surface area contributed by atoms with Gasteiger partial charge in [0.2, 0.25) is 0 Å². The van der Waals surface area contributed by atoms with Crippen molar-refractivity contribution in [2.45, 2.75) is 32.7 Å². The molecule has 2 heteroatoms. The largest absolute Gasteiger partial charge is 0.321 e. The Morgan fingerprint density at radius 3 is 2.55 bits per heavy atom. The highest BCUT2D eigenvalue weighted by Crippen LogP contribution is 2.03. The highest BCUT2D eigenvalue weighted by molar-refractivity contribution is 5.84. The first-order chi connectivity index (χ1) is 5.09. The molecule has 0 saturated carbocycles. The maximum Gasteiger partial charge on any atom is 0.150 e. The molecule has 0 aromatic carbocycles. The van der Waals surface area contributed by atoms with Gasteiger partial charge in [-0.2, -0.15) is 0 Å². The van der Waals surface area contributed by atoms with Gasteiger partial charge in [-0.1, -0.05) is 13.8 Å². The van der Waals surface area contributed by atoms with Crippen molar-refractivity contribution in [3.05, 3.63) is 0 Å². The number of terminal acetylenes is 1. The summed E-state index contributed by atoms with van der Waals surface area (Å²) in [5, 5.41) is 0. The van der Waals surface area contributed by atoms with Gasteiger partial charge in [-0.25, -0.2) is 0 Å². The molecule has 0 fully saturated rings. The van der Waals surface area contributed by atoms with Crippen molar-refractivity contribution in [3.63, 3.8) is 0 Å². The maximum atomic E-state index is 11.1. The SMILES string of the molecule is C#CCCC(=O)C(N)C(C)C. The van der Waals surface area contributed by atoms with Crippen molar-refractivity contribution in [2.24, 2.45) is 11.7 Å². The quantitative estimate of drug-likeness (QED) is 0.611. The summed E-state index contributed by atoms with van der Waals surface area (Å²) in [7, 11) is 0. The molecule has 1 atom stereocenters. The summed E-state index contributed by atoms with van der Waals surface area (Å²) in [5.41, 5.74) is 5.58. The first-order valence-corrected chi connectivity index (χ1v) is 3.81. The van der Waals surface area contributed by atoms with E-state index in [1.165, 1.54) is 0 Å². The molecular formula is C9H15NO. The Morgan fingerprint density at radius 1 is 1.64 bits per heavy atom. The fourth-order valence-electron chi connectivity index (χ4n) is 0.734. The first-order valence-electron chi connectivity index (χ1n) is 3.81. The van der Waals surface area contributed by atoms with E-state index in [1.54, 1.807) is 0 Å². The van der Waals surface area contributed by atoms with E-state index < -0.39 is 0 Å². The van der Waals surface area contributed by atoms with Crippen LogP contribution < -0.4 is 5.73 Å². The molecule has 0 aromatic heterocycles. The van der Waals surface area contributed by atoms with E-state index in [0.29, 0.717) is 12.8 Å². The molecule has 0 saturated heterocycles. The van der Waals surface area contributed by atoms with E-state index in [0.717, 1.165) is 0 Å². The zero-order chi connectivity index (χ0) is 8.85. The molecule has 0 aliphatic rings. The van der Waals surface area contributed by atoms with Crippen molar-refractivity contribution in [1.82, 2.24) is 0 Å². The summed E-state index contributed by atoms with van der Waals surface area (Å²) < 4.78 is 0. The lowest BCUT2D eigenvalue weighted by molar-refractivity contribution is -0.121. The van der Waals surface area contributed by atoms with E-state index in [2.05, 4.69) is 5.92 Å². The Bertz CT molecular complexity index is 167. The van der Waals surface area contributed by atoms with Gasteiger partial charge in [0, 0.05) is 12.8 Å². The lowest BCUT2D eigenvalue weighted by Crippen LogP contribution is -2.35. The molecule has 0 radical (unpaired) electrons. The minimum atomic E-state index is -0.344. The van der Waals surface area contributed by atoms with Gasteiger partial charge < -0.3 is 5.73 Å². The number of carbonyl (C=O) groups excluding carboxylic acids is 1. The smallest absolute Gasteiger partial charge is 0.150 e. The molecule has 0 aliphatic heterocycles. The second-order valence-corrected chi connectivity index (χ2v) is 2.94. The molecule has 0 aliphatic carbocycles. The van der Waals surface area contributed by atoms with Crippen LogP contribution in [0, 0.1) is 18.3 Å². The van der Waals surface area contributed by atoms with Crippen LogP contribution in [0.15, 0.2) is 0 Å². The monoisotopic (exact) mass is 153 g/mol. The summed E-state index contributed by atoms with van der Waals surface area (Å²) in [6, 6.07) is -0.344. The van der Waals surface area contributed by atoms with Crippen molar-refractivity contribution < 1.29 is 4.79 Å². The Labute approximate surface area is 68.2 Å². The zero-order valence-corrected chi connectivity index (χ0v) is 7.13. The second-order valence-electron chi connectivity index (χ2n) is 2.94. The Morgan fingerprint density at radius 2 is 2.18 bits per heavy atom. The Kier molecular flexibility index (Phi) is 4.56. The van der Waals surface area contributed by atoms with Crippen LogP contribution >= 0.6 is 0 Å². The maximum absolute atomic E-state index is 11.1. The summed E-state index contributed by atoms with van der Waals surface area (Å²) in [6.45, 7) is 3.86. The standard InChI is InChI=1S/C9H15NO/c1-4-5-6-8(11)9(10)7(2)3/h1,7,9H,5-6,10H2,2-3H3. The first kappa shape index (κ1) is 10.2. The minimum absolute atomic E-state index is 0.0675. The highest BCUT2D eigenvalue weighted by atomic mass is 16.1. The van der Waals surface area contributed by atoms with E-state index in [9.17, 15) is 4.79 Å². The topological polar surface area (TPSA) is 43.1 Å². The molecular weight excluding hydrogens is 138 g/mol. The number of Topliss-reactive ketones (excluding diaryl/α,β-unsaturated/α-hetero) is 1. The number of rotatable bonds is 4. The van der Waals surface area contributed by atoms with Gasteiger partial charge in [-0.15, -0.1) is 12.3 Å². The minimum Gasteiger partial charge on any atom is -0.321 e. The van der Waals surface area contributed by atoms with Crippen molar-refractivity contribution in [2.75, 3.05) is 0 Å². The van der Waals surface area contributed by atoms with Crippen LogP contribution in [0.3, 0.4) is 0 Å². The lowest BCUT2D eigenvalue weighted by atomic mass is 9.98. The lowest BCUT2D eigenvalue weighted by Gasteiger charge is -2.12. The predicted octanol–water partition coefficient (Wildman–Crippen LogP) is 0.952. The van der Waals surface area contributed by atoms with Crippen molar-refractivity contribution >= 4 is 5.78 Å². The molecule has 0 spiro atoms. The summed E-state index contributed by atoms with van der Waals surface area (Å²) in [6.07, 6.45) is 5.92. The average molecular weight is 153 g/mol. The molecule has 0 rings (SSSR count). The molecule has 0 aromatic rings. The zero-order valence-electron chi connectivity index (χ0n) is 7.13. The van der Waals surface area contributed by atoms with Crippen molar-refractivity contribution in [1.29, 1.82) is 0 Å². The van der Waals surface area contributed by atoms with Gasteiger partial charge in [0.05, 0.1) is 6.04 Å². The molecule has 0 heterocycles. The fraction of sp³-hybridized carbons (Fsp3) is 0.667. The summed E-state index contributed by atoms with van der Waals surface area (Å²) >= 11 is 0. The number of nitrogens with two attached hydrogens (primary N) is 1. The van der Waals surface area contributed by atoms with Crippen LogP contribution in [0.5, 0.6) is 0 Å². The van der Waals surface area contributed by atoms with Gasteiger partial charge in [-0.05, 0) is 5.92 Å². The van der Waals surface area contributed by atoms with Gasteiger partial charge in [0.15, 0.2) is 5.78 Å². The van der Waals surface area contributed by atoms with Crippen LogP contribution in [0.2, 0.25) is 0 Å². The molecule has 2 N–H and O–H groups in total. The van der Waals surface area contributed by atoms with Gasteiger partial charge in [0.25, 0.3) is 0 Å². The van der Waals surface area contributed by atoms with Crippen molar-refractivity contribution in [3.8, 4) is 12.3 Å². The van der Waals surface area contributed by atoms with Gasteiger partial charge in [0.1, 0.15) is 0 Å². The number of carbonyl (C=O) groups is 1. The normalized spacial score (nSPS) is 12.6. The Hall–Kier alpha value is -0.810. The fourth-order valence-corrected chi connectivity index (χ4v) is 0.734. The summed E-state index contributed by atoms with van der Waals surface area (Å²) in [5.74, 6) is 2.69. The number of ketones is 1. The highest BCUT2D eigenvalue weighted by Gasteiger charge is 2.15. The van der Waals surface area contributed by atoms with Crippen LogP contribution in [-0.2, 0) is 4.79 Å². The van der Waals surface area contributed by atoms with E-state index >= 15 is 0 Å². The molecule has 1 unspecified atom stereocenters. The molecule has 0 bridgehead atoms.